The third-order valence-electron chi connectivity index (χ3n) is 8.10. The average Bonchev–Trinajstić information content (AvgIpc) is 3.70. The van der Waals surface area contributed by atoms with E-state index in [1.165, 1.54) is 0 Å². The van der Waals surface area contributed by atoms with Gasteiger partial charge in [-0.25, -0.2) is 4.39 Å². The molecule has 1 saturated carbocycles. The van der Waals surface area contributed by atoms with E-state index in [1.807, 2.05) is 38.7 Å². The zero-order valence-corrected chi connectivity index (χ0v) is 25.3. The fraction of sp³-hybridized carbons (Fsp3) is 0.531. The largest absolute Gasteiger partial charge is 0.490 e. The van der Waals surface area contributed by atoms with Crippen LogP contribution in [0.15, 0.2) is 18.2 Å². The van der Waals surface area contributed by atoms with Crippen molar-refractivity contribution in [1.29, 1.82) is 5.41 Å². The molecule has 1 N–H and O–H groups in total. The predicted octanol–water partition coefficient (Wildman–Crippen LogP) is 5.20. The van der Waals surface area contributed by atoms with E-state index in [9.17, 15) is 9.59 Å². The molecule has 0 unspecified atom stereocenters. The number of hydrogen-bond donors (Lipinski definition) is 1. The second kappa shape index (κ2) is 11.1. The van der Waals surface area contributed by atoms with Crippen LogP contribution < -0.4 is 19.1 Å². The molecule has 0 radical (unpaired) electrons. The summed E-state index contributed by atoms with van der Waals surface area (Å²) in [4.78, 5) is 30.0. The highest BCUT2D eigenvalue weighted by atomic mass is 19.1. The Kier molecular flexibility index (Phi) is 7.85. The Hall–Kier alpha value is -3.82. The van der Waals surface area contributed by atoms with Gasteiger partial charge in [0, 0.05) is 11.1 Å². The number of Topliss-reactive ketones (excluding diaryl/α,β-unsaturated/α-hetero) is 1. The maximum absolute atomic E-state index is 15.9. The lowest BCUT2D eigenvalue weighted by Gasteiger charge is -2.35. The summed E-state index contributed by atoms with van der Waals surface area (Å²) in [7, 11) is 0. The molecule has 2 heterocycles. The Morgan fingerprint density at radius 1 is 1.05 bits per heavy atom. The number of rotatable bonds is 10. The number of nitrogens with zero attached hydrogens (tertiary/aromatic N) is 2. The van der Waals surface area contributed by atoms with Crippen LogP contribution in [0.4, 0.5) is 10.1 Å². The van der Waals surface area contributed by atoms with Crippen LogP contribution in [0.2, 0.25) is 0 Å². The van der Waals surface area contributed by atoms with E-state index in [0.717, 1.165) is 5.56 Å². The van der Waals surface area contributed by atoms with Crippen LogP contribution in [0.1, 0.15) is 81.4 Å². The monoisotopic (exact) mass is 581 g/mol. The second-order valence-corrected chi connectivity index (χ2v) is 11.9. The molecule has 1 spiro atoms. The molecular weight excluding hydrogens is 541 g/mol. The van der Waals surface area contributed by atoms with Gasteiger partial charge in [0.05, 0.1) is 49.7 Å². The van der Waals surface area contributed by atoms with Crippen molar-refractivity contribution in [3.05, 3.63) is 46.3 Å². The molecule has 0 bridgehead atoms. The lowest BCUT2D eigenvalue weighted by atomic mass is 9.84. The van der Waals surface area contributed by atoms with E-state index < -0.39 is 11.4 Å². The normalized spacial score (nSPS) is 16.6. The molecule has 42 heavy (non-hydrogen) atoms. The number of anilines is 1. The van der Waals surface area contributed by atoms with Gasteiger partial charge in [-0.05, 0) is 62.8 Å². The van der Waals surface area contributed by atoms with Crippen molar-refractivity contribution in [2.24, 2.45) is 0 Å². The first-order valence-corrected chi connectivity index (χ1v) is 14.7. The number of amidine groups is 1. The highest BCUT2D eigenvalue weighted by molar-refractivity contribution is 6.08. The van der Waals surface area contributed by atoms with Crippen LogP contribution in [0, 0.1) is 11.2 Å². The summed E-state index contributed by atoms with van der Waals surface area (Å²) < 4.78 is 38.4. The van der Waals surface area contributed by atoms with Crippen molar-refractivity contribution in [1.82, 2.24) is 4.90 Å². The molecule has 2 aliphatic heterocycles. The van der Waals surface area contributed by atoms with Crippen molar-refractivity contribution in [2.75, 3.05) is 51.0 Å². The van der Waals surface area contributed by atoms with Crippen LogP contribution >= 0.6 is 0 Å². The summed E-state index contributed by atoms with van der Waals surface area (Å²) in [5.74, 6) is -0.240. The number of fused-ring (bicyclic) bond motifs is 3. The van der Waals surface area contributed by atoms with E-state index in [1.54, 1.807) is 30.9 Å². The number of ether oxygens (including phenoxy) is 4. The summed E-state index contributed by atoms with van der Waals surface area (Å²) >= 11 is 0. The topological polar surface area (TPSA) is 101 Å². The summed E-state index contributed by atoms with van der Waals surface area (Å²) in [6.45, 7) is 13.2. The van der Waals surface area contributed by atoms with Gasteiger partial charge >= 0.3 is 5.97 Å². The van der Waals surface area contributed by atoms with E-state index in [0.29, 0.717) is 60.9 Å². The molecule has 0 amide bonds. The van der Waals surface area contributed by atoms with Crippen molar-refractivity contribution < 1.29 is 32.9 Å². The molecule has 0 saturated heterocycles. The molecule has 1 aliphatic carbocycles. The van der Waals surface area contributed by atoms with Gasteiger partial charge in [0.1, 0.15) is 24.7 Å². The zero-order valence-electron chi connectivity index (χ0n) is 25.3. The number of halogens is 1. The molecule has 226 valence electrons. The molecule has 0 aromatic heterocycles. The van der Waals surface area contributed by atoms with E-state index >= 15 is 4.39 Å². The van der Waals surface area contributed by atoms with E-state index in [2.05, 4.69) is 0 Å². The summed E-state index contributed by atoms with van der Waals surface area (Å²) in [5, 5.41) is 8.98. The standard InChI is InChI=1S/C32H40FN3O6/c1-7-39-24-16-20-26(27(33)29(24)41-9-3)30(34)36(32(20)10-11-32)17-23(37)19-14-21(31(4,5)6)28-22(15-19)35(12-13-42-28)18-25(38)40-8-2/h14-16,34H,7-13,17-18H2,1-6H3. The number of nitrogens with one attached hydrogen (secondary N) is 1. The van der Waals surface area contributed by atoms with Crippen LogP contribution in [-0.2, 0) is 20.5 Å². The number of carbonyl (C=O) groups is 2. The minimum Gasteiger partial charge on any atom is -0.490 e. The van der Waals surface area contributed by atoms with Crippen molar-refractivity contribution in [3.63, 3.8) is 0 Å². The molecule has 10 heteroatoms. The van der Waals surface area contributed by atoms with Crippen LogP contribution in [-0.4, -0.2) is 68.5 Å². The third kappa shape index (κ3) is 5.05. The Balaban J connectivity index is 1.51. The molecule has 2 aromatic rings. The third-order valence-corrected chi connectivity index (χ3v) is 8.10. The molecule has 1 fully saturated rings. The van der Waals surface area contributed by atoms with E-state index in [4.69, 9.17) is 24.4 Å². The highest BCUT2D eigenvalue weighted by Crippen LogP contribution is 2.59. The number of carbonyl (C=O) groups excluding carboxylic acids is 2. The van der Waals surface area contributed by atoms with Crippen molar-refractivity contribution in [2.45, 2.75) is 65.3 Å². The second-order valence-electron chi connectivity index (χ2n) is 11.9. The number of ketones is 1. The van der Waals surface area contributed by atoms with E-state index in [-0.39, 0.29) is 60.6 Å². The summed E-state index contributed by atoms with van der Waals surface area (Å²) in [6.07, 6.45) is 1.40. The fourth-order valence-corrected chi connectivity index (χ4v) is 5.99. The first-order valence-electron chi connectivity index (χ1n) is 14.7. The summed E-state index contributed by atoms with van der Waals surface area (Å²) in [6, 6.07) is 5.39. The number of hydrogen-bond acceptors (Lipinski definition) is 8. The van der Waals surface area contributed by atoms with Gasteiger partial charge in [-0.1, -0.05) is 20.8 Å². The Morgan fingerprint density at radius 2 is 1.76 bits per heavy atom. The Labute approximate surface area is 246 Å². The molecule has 5 rings (SSSR count). The molecule has 9 nitrogen and oxygen atoms in total. The lowest BCUT2D eigenvalue weighted by Crippen LogP contribution is -2.39. The molecular formula is C32H40FN3O6. The first-order chi connectivity index (χ1) is 20.0. The van der Waals surface area contributed by atoms with Crippen molar-refractivity contribution in [3.8, 4) is 17.2 Å². The SMILES string of the molecule is CCOC(=O)CN1CCOc2c1cc(C(=O)CN1C(=N)c3c(cc(OCC)c(OCC)c3F)C13CC3)cc2C(C)(C)C. The predicted molar refractivity (Wildman–Crippen MR) is 157 cm³/mol. The van der Waals surface area contributed by atoms with Gasteiger partial charge in [-0.2, -0.15) is 0 Å². The van der Waals surface area contributed by atoms with Crippen molar-refractivity contribution >= 4 is 23.3 Å². The van der Waals surface area contributed by atoms with Gasteiger partial charge in [-0.3, -0.25) is 15.0 Å². The maximum Gasteiger partial charge on any atom is 0.325 e. The van der Waals surface area contributed by atoms with Crippen LogP contribution in [0.3, 0.4) is 0 Å². The molecule has 2 aromatic carbocycles. The molecule has 3 aliphatic rings. The van der Waals surface area contributed by atoms with Crippen LogP contribution in [0.5, 0.6) is 17.2 Å². The first kappa shape index (κ1) is 29.7. The minimum absolute atomic E-state index is 0.00183. The van der Waals surface area contributed by atoms with Crippen LogP contribution in [0.25, 0.3) is 0 Å². The Bertz CT molecular complexity index is 1430. The minimum atomic E-state index is -0.625. The zero-order chi connectivity index (χ0) is 30.4. The summed E-state index contributed by atoms with van der Waals surface area (Å²) in [5.41, 5.74) is 1.83. The van der Waals surface area contributed by atoms with Gasteiger partial charge < -0.3 is 28.7 Å². The average molecular weight is 582 g/mol. The quantitative estimate of drug-likeness (QED) is 0.302. The van der Waals surface area contributed by atoms with Gasteiger partial charge in [0.2, 0.25) is 0 Å². The molecule has 0 atom stereocenters. The Morgan fingerprint density at radius 3 is 2.38 bits per heavy atom. The highest BCUT2D eigenvalue weighted by Gasteiger charge is 2.58. The maximum atomic E-state index is 15.9. The fourth-order valence-electron chi connectivity index (χ4n) is 5.99. The number of esters is 1. The number of benzene rings is 2. The smallest absolute Gasteiger partial charge is 0.325 e. The van der Waals surface area contributed by atoms with Gasteiger partial charge in [0.15, 0.2) is 23.1 Å². The van der Waals surface area contributed by atoms with Gasteiger partial charge in [-0.15, -0.1) is 0 Å². The van der Waals surface area contributed by atoms with Gasteiger partial charge in [0.25, 0.3) is 0 Å². The lowest BCUT2D eigenvalue weighted by molar-refractivity contribution is -0.141.